The molecule has 0 aliphatic carbocycles. The Morgan fingerprint density at radius 3 is 2.64 bits per heavy atom. The number of nitrogens with zero attached hydrogens (tertiary/aromatic N) is 1. The molecule has 1 atom stereocenters. The van der Waals surface area contributed by atoms with E-state index in [4.69, 9.17) is 5.11 Å². The van der Waals surface area contributed by atoms with Crippen molar-refractivity contribution in [2.45, 2.75) is 19.4 Å². The van der Waals surface area contributed by atoms with Gasteiger partial charge in [0.1, 0.15) is 0 Å². The zero-order chi connectivity index (χ0) is 8.43. The van der Waals surface area contributed by atoms with Gasteiger partial charge in [0.05, 0.1) is 19.1 Å². The van der Waals surface area contributed by atoms with Gasteiger partial charge in [-0.3, -0.25) is 9.59 Å². The Kier molecular flexibility index (Phi) is 2.24. The molecular formula is C7H11NO3. The van der Waals surface area contributed by atoms with Gasteiger partial charge in [0.2, 0.25) is 5.91 Å². The molecule has 1 heterocycles. The summed E-state index contributed by atoms with van der Waals surface area (Å²) in [6.07, 6.45) is -0.544. The number of ketones is 1. The molecule has 1 aliphatic heterocycles. The second-order valence-corrected chi connectivity index (χ2v) is 2.84. The number of β-amino-alcohol motifs (C(OH)–C–C–N with tert-alkyl or cyclic N) is 1. The Morgan fingerprint density at radius 2 is 2.27 bits per heavy atom. The van der Waals surface area contributed by atoms with Crippen LogP contribution in [0.5, 0.6) is 0 Å². The summed E-state index contributed by atoms with van der Waals surface area (Å²) in [7, 11) is 0. The van der Waals surface area contributed by atoms with Crippen LogP contribution in [0.25, 0.3) is 0 Å². The predicted octanol–water partition coefficient (Wildman–Crippen LogP) is -0.831. The average molecular weight is 157 g/mol. The fraction of sp³-hybridized carbons (Fsp3) is 0.714. The van der Waals surface area contributed by atoms with Crippen molar-refractivity contribution in [3.63, 3.8) is 0 Å². The Labute approximate surface area is 64.8 Å². The number of hydrogen-bond donors (Lipinski definition) is 1. The van der Waals surface area contributed by atoms with Gasteiger partial charge in [-0.2, -0.15) is 0 Å². The molecule has 1 fully saturated rings. The van der Waals surface area contributed by atoms with Gasteiger partial charge in [-0.05, 0) is 6.92 Å². The molecule has 0 saturated carbocycles. The number of hydrogen-bond acceptors (Lipinski definition) is 3. The fourth-order valence-electron chi connectivity index (χ4n) is 1.12. The largest absolute Gasteiger partial charge is 0.392 e. The minimum atomic E-state index is -0.551. The van der Waals surface area contributed by atoms with Crippen molar-refractivity contribution in [3.8, 4) is 0 Å². The summed E-state index contributed by atoms with van der Waals surface area (Å²) in [5.41, 5.74) is 0. The second kappa shape index (κ2) is 3.00. The molecular weight excluding hydrogens is 146 g/mol. The first-order valence-electron chi connectivity index (χ1n) is 3.57. The molecule has 62 valence electrons. The SMILES string of the molecule is CC(O)CN1CC(=O)CC1=O. The van der Waals surface area contributed by atoms with Crippen LogP contribution in [0.2, 0.25) is 0 Å². The first-order chi connectivity index (χ1) is 5.09. The summed E-state index contributed by atoms with van der Waals surface area (Å²) in [5.74, 6) is -0.230. The molecule has 1 N–H and O–H groups in total. The van der Waals surface area contributed by atoms with Gasteiger partial charge < -0.3 is 10.0 Å². The van der Waals surface area contributed by atoms with Crippen LogP contribution in [0.1, 0.15) is 13.3 Å². The maximum absolute atomic E-state index is 10.9. The van der Waals surface area contributed by atoms with E-state index >= 15 is 0 Å². The molecule has 0 aromatic rings. The molecule has 0 spiro atoms. The van der Waals surface area contributed by atoms with Gasteiger partial charge in [-0.15, -0.1) is 0 Å². The van der Waals surface area contributed by atoms with Crippen molar-refractivity contribution in [1.82, 2.24) is 4.90 Å². The van der Waals surface area contributed by atoms with Crippen LogP contribution in [-0.2, 0) is 9.59 Å². The molecule has 11 heavy (non-hydrogen) atoms. The third-order valence-corrected chi connectivity index (χ3v) is 1.55. The lowest BCUT2D eigenvalue weighted by atomic mass is 10.3. The maximum atomic E-state index is 10.9. The van der Waals surface area contributed by atoms with Crippen molar-refractivity contribution in [1.29, 1.82) is 0 Å². The molecule has 0 aromatic carbocycles. The highest BCUT2D eigenvalue weighted by molar-refractivity contribution is 6.05. The van der Waals surface area contributed by atoms with Crippen LogP contribution < -0.4 is 0 Å². The van der Waals surface area contributed by atoms with Gasteiger partial charge in [-0.25, -0.2) is 0 Å². The molecule has 0 radical (unpaired) electrons. The molecule has 0 aromatic heterocycles. The number of likely N-dealkylation sites (tertiary alicyclic amines) is 1. The molecule has 1 aliphatic rings. The Balaban J connectivity index is 2.47. The zero-order valence-electron chi connectivity index (χ0n) is 6.41. The molecule has 4 heteroatoms. The van der Waals surface area contributed by atoms with Gasteiger partial charge in [0, 0.05) is 6.54 Å². The molecule has 4 nitrogen and oxygen atoms in total. The summed E-state index contributed by atoms with van der Waals surface area (Å²) in [5, 5.41) is 8.91. The molecule has 1 saturated heterocycles. The van der Waals surface area contributed by atoms with Gasteiger partial charge >= 0.3 is 0 Å². The third kappa shape index (κ3) is 2.01. The van der Waals surface area contributed by atoms with Crippen molar-refractivity contribution in [3.05, 3.63) is 0 Å². The van der Waals surface area contributed by atoms with Crippen LogP contribution in [0, 0.1) is 0 Å². The van der Waals surface area contributed by atoms with E-state index in [0.29, 0.717) is 0 Å². The number of carbonyl (C=O) groups is 2. The molecule has 1 unspecified atom stereocenters. The van der Waals surface area contributed by atoms with E-state index in [1.807, 2.05) is 0 Å². The minimum Gasteiger partial charge on any atom is -0.392 e. The first kappa shape index (κ1) is 8.20. The average Bonchev–Trinajstić information content (AvgIpc) is 2.09. The van der Waals surface area contributed by atoms with Crippen molar-refractivity contribution >= 4 is 11.7 Å². The number of rotatable bonds is 2. The summed E-state index contributed by atoms with van der Waals surface area (Å²) >= 11 is 0. The van der Waals surface area contributed by atoms with E-state index in [2.05, 4.69) is 0 Å². The van der Waals surface area contributed by atoms with E-state index < -0.39 is 6.10 Å². The van der Waals surface area contributed by atoms with Gasteiger partial charge in [-0.1, -0.05) is 0 Å². The van der Waals surface area contributed by atoms with Crippen LogP contribution in [0.4, 0.5) is 0 Å². The van der Waals surface area contributed by atoms with Crippen LogP contribution in [-0.4, -0.2) is 40.9 Å². The van der Waals surface area contributed by atoms with Crippen LogP contribution in [0.15, 0.2) is 0 Å². The highest BCUT2D eigenvalue weighted by atomic mass is 16.3. The van der Waals surface area contributed by atoms with Gasteiger partial charge in [0.15, 0.2) is 5.78 Å². The van der Waals surface area contributed by atoms with Crippen molar-refractivity contribution in [2.75, 3.05) is 13.1 Å². The summed E-state index contributed by atoms with van der Waals surface area (Å²) in [4.78, 5) is 23.0. The molecule has 1 amide bonds. The number of Topliss-reactive ketones (excluding diaryl/α,β-unsaturated/α-hetero) is 1. The first-order valence-corrected chi connectivity index (χ1v) is 3.57. The lowest BCUT2D eigenvalue weighted by Gasteiger charge is -2.15. The van der Waals surface area contributed by atoms with E-state index in [-0.39, 0.29) is 31.2 Å². The standard InChI is InChI=1S/C7H11NO3/c1-5(9)3-8-4-6(10)2-7(8)11/h5,9H,2-4H2,1H3. The maximum Gasteiger partial charge on any atom is 0.230 e. The summed E-state index contributed by atoms with van der Waals surface area (Å²) in [6, 6.07) is 0. The van der Waals surface area contributed by atoms with E-state index in [0.717, 1.165) is 0 Å². The smallest absolute Gasteiger partial charge is 0.230 e. The van der Waals surface area contributed by atoms with E-state index in [9.17, 15) is 9.59 Å². The lowest BCUT2D eigenvalue weighted by Crippen LogP contribution is -2.32. The molecule has 1 rings (SSSR count). The highest BCUT2D eigenvalue weighted by Gasteiger charge is 2.27. The zero-order valence-corrected chi connectivity index (χ0v) is 6.41. The Bertz CT molecular complexity index is 188. The summed E-state index contributed by atoms with van der Waals surface area (Å²) in [6.45, 7) is 2.03. The number of aliphatic hydroxyl groups is 1. The normalized spacial score (nSPS) is 21.1. The monoisotopic (exact) mass is 157 g/mol. The highest BCUT2D eigenvalue weighted by Crippen LogP contribution is 2.06. The van der Waals surface area contributed by atoms with Gasteiger partial charge in [0.25, 0.3) is 0 Å². The topological polar surface area (TPSA) is 57.6 Å². The van der Waals surface area contributed by atoms with E-state index in [1.165, 1.54) is 4.90 Å². The number of aliphatic hydroxyl groups excluding tert-OH is 1. The van der Waals surface area contributed by atoms with Crippen LogP contribution in [0.3, 0.4) is 0 Å². The van der Waals surface area contributed by atoms with E-state index in [1.54, 1.807) is 6.92 Å². The summed E-state index contributed by atoms with van der Waals surface area (Å²) < 4.78 is 0. The molecule has 0 bridgehead atoms. The minimum absolute atomic E-state index is 0.00667. The number of carbonyl (C=O) groups excluding carboxylic acids is 2. The van der Waals surface area contributed by atoms with Crippen molar-refractivity contribution < 1.29 is 14.7 Å². The third-order valence-electron chi connectivity index (χ3n) is 1.55. The predicted molar refractivity (Wildman–Crippen MR) is 37.9 cm³/mol. The Hall–Kier alpha value is -0.900. The van der Waals surface area contributed by atoms with Crippen molar-refractivity contribution in [2.24, 2.45) is 0 Å². The van der Waals surface area contributed by atoms with Crippen LogP contribution >= 0.6 is 0 Å². The fourth-order valence-corrected chi connectivity index (χ4v) is 1.12. The Morgan fingerprint density at radius 1 is 1.64 bits per heavy atom. The quantitative estimate of drug-likeness (QED) is 0.532. The second-order valence-electron chi connectivity index (χ2n) is 2.84. The lowest BCUT2D eigenvalue weighted by molar-refractivity contribution is -0.128. The number of amides is 1.